The minimum Gasteiger partial charge on any atom is -0.354 e. The van der Waals surface area contributed by atoms with Crippen molar-refractivity contribution < 1.29 is 14.0 Å². The molecule has 3 N–H and O–H groups in total. The molecular weight excluding hydrogens is 405 g/mol. The van der Waals surface area contributed by atoms with Gasteiger partial charge in [-0.15, -0.1) is 0 Å². The molecule has 0 aliphatic carbocycles. The van der Waals surface area contributed by atoms with Crippen molar-refractivity contribution in [3.63, 3.8) is 0 Å². The number of amides is 2. The molecule has 7 heteroatoms. The Bertz CT molecular complexity index is 980. The number of rotatable bonds is 8. The maximum absolute atomic E-state index is 13.2. The number of halogens is 2. The Kier molecular flexibility index (Phi) is 8.70. The second-order valence-electron chi connectivity index (χ2n) is 6.77. The number of aromatic amines is 1. The molecule has 0 fully saturated rings. The van der Waals surface area contributed by atoms with Crippen molar-refractivity contribution in [1.82, 2.24) is 15.6 Å². The van der Waals surface area contributed by atoms with Gasteiger partial charge in [0, 0.05) is 23.6 Å². The Hall–Kier alpha value is -3.04. The fourth-order valence-corrected chi connectivity index (χ4v) is 2.94. The van der Waals surface area contributed by atoms with Crippen LogP contribution in [-0.2, 0) is 11.2 Å². The van der Waals surface area contributed by atoms with Crippen LogP contribution in [0.2, 0.25) is 0 Å². The summed E-state index contributed by atoms with van der Waals surface area (Å²) >= 11 is 5.97. The minimum atomic E-state index is -0.813. The molecule has 0 radical (unpaired) electrons. The van der Waals surface area contributed by atoms with Gasteiger partial charge in [-0.3, -0.25) is 9.59 Å². The number of carbonyl (C=O) groups excluding carboxylic acids is 2. The summed E-state index contributed by atoms with van der Waals surface area (Å²) in [5.41, 5.74) is 2.25. The molecule has 30 heavy (non-hydrogen) atoms. The number of allylic oxidation sites excluding steroid dienone is 1. The smallest absolute Gasteiger partial charge is 0.268 e. The second kappa shape index (κ2) is 11.2. The highest BCUT2D eigenvalue weighted by Gasteiger charge is 2.23. The molecule has 1 aromatic carbocycles. The van der Waals surface area contributed by atoms with Gasteiger partial charge in [0.2, 0.25) is 5.91 Å². The number of carbonyl (C=O) groups is 2. The van der Waals surface area contributed by atoms with Crippen LogP contribution in [0.25, 0.3) is 6.08 Å². The highest BCUT2D eigenvalue weighted by molar-refractivity contribution is 6.31. The zero-order chi connectivity index (χ0) is 22.1. The second-order valence-corrected chi connectivity index (χ2v) is 7.36. The summed E-state index contributed by atoms with van der Waals surface area (Å²) < 4.78 is 13.2. The maximum Gasteiger partial charge on any atom is 0.268 e. The number of aromatic nitrogens is 1. The molecule has 2 amide bonds. The third-order valence-electron chi connectivity index (χ3n) is 4.22. The van der Waals surface area contributed by atoms with Gasteiger partial charge in [0.15, 0.2) is 0 Å². The standard InChI is InChI=1S/C23H25ClFN3O2/c1-4-6-19-17(12-15(3)24)14-21(27-19)23(30)28-20(22(29)26-11-5-2)13-16-7-9-18(25)10-8-16/h7-10,12,14,20,27H,5,11,13H2,1-3H3,(H,26,29)(H,28,30)/b15-12+/t20-/m0/s1. The largest absolute Gasteiger partial charge is 0.354 e. The van der Waals surface area contributed by atoms with Crippen LogP contribution in [0.5, 0.6) is 0 Å². The SMILES string of the molecule is CC#Cc1[nH]c(C(=O)N[C@@H](Cc2ccc(F)cc2)C(=O)NCCC)cc1/C=C(\C)Cl. The lowest BCUT2D eigenvalue weighted by Gasteiger charge is -2.18. The van der Waals surface area contributed by atoms with Crippen LogP contribution in [0, 0.1) is 17.7 Å². The van der Waals surface area contributed by atoms with E-state index in [-0.39, 0.29) is 23.8 Å². The van der Waals surface area contributed by atoms with Crippen LogP contribution in [0.4, 0.5) is 4.39 Å². The lowest BCUT2D eigenvalue weighted by Crippen LogP contribution is -2.48. The van der Waals surface area contributed by atoms with Gasteiger partial charge in [0.05, 0.1) is 5.69 Å². The predicted molar refractivity (Wildman–Crippen MR) is 118 cm³/mol. The summed E-state index contributed by atoms with van der Waals surface area (Å²) in [6.07, 6.45) is 2.71. The predicted octanol–water partition coefficient (Wildman–Crippen LogP) is 3.99. The molecule has 2 aromatic rings. The monoisotopic (exact) mass is 429 g/mol. The van der Waals surface area contributed by atoms with Gasteiger partial charge < -0.3 is 15.6 Å². The highest BCUT2D eigenvalue weighted by Crippen LogP contribution is 2.16. The minimum absolute atomic E-state index is 0.234. The van der Waals surface area contributed by atoms with Gasteiger partial charge in [-0.1, -0.05) is 36.6 Å². The van der Waals surface area contributed by atoms with Crippen molar-refractivity contribution in [3.05, 3.63) is 63.7 Å². The van der Waals surface area contributed by atoms with Gasteiger partial charge in [-0.05, 0) is 56.0 Å². The van der Waals surface area contributed by atoms with E-state index in [9.17, 15) is 14.0 Å². The molecule has 158 valence electrons. The van der Waals surface area contributed by atoms with Crippen molar-refractivity contribution in [3.8, 4) is 11.8 Å². The molecule has 0 aliphatic rings. The van der Waals surface area contributed by atoms with E-state index in [1.807, 2.05) is 6.92 Å². The highest BCUT2D eigenvalue weighted by atomic mass is 35.5. The summed E-state index contributed by atoms with van der Waals surface area (Å²) in [5.74, 6) is 4.59. The van der Waals surface area contributed by atoms with E-state index in [0.717, 1.165) is 12.0 Å². The first-order chi connectivity index (χ1) is 14.3. The summed E-state index contributed by atoms with van der Waals surface area (Å²) in [6.45, 7) is 5.86. The third kappa shape index (κ3) is 6.78. The first kappa shape index (κ1) is 23.2. The Balaban J connectivity index is 2.26. The molecule has 0 aliphatic heterocycles. The maximum atomic E-state index is 13.2. The van der Waals surface area contributed by atoms with Crippen molar-refractivity contribution in [2.45, 2.75) is 39.7 Å². The molecule has 0 spiro atoms. The Labute approximate surface area is 181 Å². The first-order valence-corrected chi connectivity index (χ1v) is 10.0. The van der Waals surface area contributed by atoms with Crippen LogP contribution >= 0.6 is 11.6 Å². The average molecular weight is 430 g/mol. The Morgan fingerprint density at radius 2 is 2.00 bits per heavy atom. The van der Waals surface area contributed by atoms with Gasteiger partial charge >= 0.3 is 0 Å². The first-order valence-electron chi connectivity index (χ1n) is 9.66. The number of H-pyrrole nitrogens is 1. The zero-order valence-corrected chi connectivity index (χ0v) is 18.0. The summed E-state index contributed by atoms with van der Waals surface area (Å²) in [4.78, 5) is 28.4. The van der Waals surface area contributed by atoms with E-state index in [0.29, 0.717) is 22.8 Å². The molecule has 1 heterocycles. The lowest BCUT2D eigenvalue weighted by molar-refractivity contribution is -0.122. The van der Waals surface area contributed by atoms with Crippen LogP contribution < -0.4 is 10.6 Å². The summed E-state index contributed by atoms with van der Waals surface area (Å²) in [6, 6.07) is 6.67. The molecule has 2 rings (SSSR count). The van der Waals surface area contributed by atoms with E-state index < -0.39 is 11.9 Å². The van der Waals surface area contributed by atoms with Crippen LogP contribution in [0.1, 0.15) is 54.5 Å². The lowest BCUT2D eigenvalue weighted by atomic mass is 10.0. The van der Waals surface area contributed by atoms with Gasteiger partial charge in [-0.2, -0.15) is 0 Å². The molecule has 0 bridgehead atoms. The van der Waals surface area contributed by atoms with Gasteiger partial charge in [-0.25, -0.2) is 4.39 Å². The van der Waals surface area contributed by atoms with Crippen LogP contribution in [0.3, 0.4) is 0 Å². The molecule has 1 atom stereocenters. The van der Waals surface area contributed by atoms with E-state index >= 15 is 0 Å². The molecule has 0 saturated carbocycles. The molecule has 0 unspecified atom stereocenters. The average Bonchev–Trinajstić information content (AvgIpc) is 3.09. The van der Waals surface area contributed by atoms with Crippen LogP contribution in [0.15, 0.2) is 35.4 Å². The number of hydrogen-bond donors (Lipinski definition) is 3. The number of benzene rings is 1. The fraction of sp³-hybridized carbons (Fsp3) is 0.304. The number of hydrogen-bond acceptors (Lipinski definition) is 2. The van der Waals surface area contributed by atoms with E-state index in [1.54, 1.807) is 38.1 Å². The van der Waals surface area contributed by atoms with Crippen molar-refractivity contribution in [2.24, 2.45) is 0 Å². The Morgan fingerprint density at radius 1 is 1.30 bits per heavy atom. The number of nitrogens with one attached hydrogen (secondary N) is 3. The fourth-order valence-electron chi connectivity index (χ4n) is 2.82. The van der Waals surface area contributed by atoms with Crippen molar-refractivity contribution >= 4 is 29.5 Å². The van der Waals surface area contributed by atoms with E-state index in [4.69, 9.17) is 11.6 Å². The van der Waals surface area contributed by atoms with Gasteiger partial charge in [0.25, 0.3) is 5.91 Å². The summed E-state index contributed by atoms with van der Waals surface area (Å²) in [5, 5.41) is 6.11. The Morgan fingerprint density at radius 3 is 2.60 bits per heavy atom. The third-order valence-corrected chi connectivity index (χ3v) is 4.33. The van der Waals surface area contributed by atoms with E-state index in [1.165, 1.54) is 12.1 Å². The molecule has 0 saturated heterocycles. The summed E-state index contributed by atoms with van der Waals surface area (Å²) in [7, 11) is 0. The topological polar surface area (TPSA) is 74.0 Å². The molecule has 5 nitrogen and oxygen atoms in total. The van der Waals surface area contributed by atoms with E-state index in [2.05, 4.69) is 27.5 Å². The van der Waals surface area contributed by atoms with Crippen LogP contribution in [-0.4, -0.2) is 29.4 Å². The van der Waals surface area contributed by atoms with Crippen molar-refractivity contribution in [1.29, 1.82) is 0 Å². The van der Waals surface area contributed by atoms with Gasteiger partial charge in [0.1, 0.15) is 17.6 Å². The molecule has 1 aromatic heterocycles. The quantitative estimate of drug-likeness (QED) is 0.555. The molecular formula is C23H25ClFN3O2. The van der Waals surface area contributed by atoms with Crippen molar-refractivity contribution in [2.75, 3.05) is 6.54 Å². The normalized spacial score (nSPS) is 12.0. The zero-order valence-electron chi connectivity index (χ0n) is 17.2.